The predicted molar refractivity (Wildman–Crippen MR) is 82.2 cm³/mol. The molecular weight excluding hydrogens is 340 g/mol. The average molecular weight is 354 g/mol. The van der Waals surface area contributed by atoms with Crippen molar-refractivity contribution in [3.63, 3.8) is 0 Å². The molecule has 0 amide bonds. The van der Waals surface area contributed by atoms with Crippen LogP contribution in [0.15, 0.2) is 26.7 Å². The molecule has 24 heavy (non-hydrogen) atoms. The molecule has 0 bridgehead atoms. The molecular formula is C13H14N4O6S. The minimum atomic E-state index is -4.13. The summed E-state index contributed by atoms with van der Waals surface area (Å²) in [6.07, 6.45) is 2.40. The molecule has 0 radical (unpaired) electrons. The van der Waals surface area contributed by atoms with Gasteiger partial charge in [-0.2, -0.15) is 4.31 Å². The molecule has 3 N–H and O–H groups in total. The van der Waals surface area contributed by atoms with Crippen molar-refractivity contribution in [3.05, 3.63) is 33.1 Å². The highest BCUT2D eigenvalue weighted by Gasteiger charge is 2.37. The van der Waals surface area contributed by atoms with Gasteiger partial charge in [0, 0.05) is 12.7 Å². The summed E-state index contributed by atoms with van der Waals surface area (Å²) in [5.74, 6) is -1.21. The van der Waals surface area contributed by atoms with Gasteiger partial charge in [0.15, 0.2) is 0 Å². The summed E-state index contributed by atoms with van der Waals surface area (Å²) in [5.41, 5.74) is -1.57. The van der Waals surface area contributed by atoms with Gasteiger partial charge in [-0.15, -0.1) is 0 Å². The Balaban J connectivity index is 2.12. The number of aromatic nitrogens is 3. The summed E-state index contributed by atoms with van der Waals surface area (Å²) in [4.78, 5) is 42.1. The Morgan fingerprint density at radius 1 is 1.29 bits per heavy atom. The van der Waals surface area contributed by atoms with Crippen LogP contribution in [-0.2, 0) is 14.8 Å². The molecule has 1 atom stereocenters. The van der Waals surface area contributed by atoms with Crippen molar-refractivity contribution in [3.8, 4) is 0 Å². The fraction of sp³-hybridized carbons (Fsp3) is 0.385. The summed E-state index contributed by atoms with van der Waals surface area (Å²) in [6.45, 7) is 0.0827. The zero-order chi connectivity index (χ0) is 17.5. The minimum Gasteiger partial charge on any atom is -0.480 e. The molecule has 2 aromatic rings. The van der Waals surface area contributed by atoms with Crippen LogP contribution >= 0.6 is 0 Å². The zero-order valence-electron chi connectivity index (χ0n) is 12.4. The van der Waals surface area contributed by atoms with Gasteiger partial charge >= 0.3 is 11.7 Å². The molecule has 0 aliphatic carbocycles. The SMILES string of the molecule is O=C(O)C1CCCCN1S(=O)(=O)c1cnc2[nH]c(=O)[nH]c(=O)c2c1. The number of aromatic amines is 2. The van der Waals surface area contributed by atoms with E-state index in [1.165, 1.54) is 0 Å². The van der Waals surface area contributed by atoms with Gasteiger partial charge in [-0.25, -0.2) is 18.2 Å². The van der Waals surface area contributed by atoms with E-state index in [1.807, 2.05) is 4.98 Å². The molecule has 1 aliphatic heterocycles. The monoisotopic (exact) mass is 354 g/mol. The number of nitrogens with zero attached hydrogens (tertiary/aromatic N) is 2. The van der Waals surface area contributed by atoms with Crippen molar-refractivity contribution in [1.29, 1.82) is 0 Å². The number of H-pyrrole nitrogens is 2. The molecule has 1 saturated heterocycles. The number of carboxylic acid groups (broad SMARTS) is 1. The Labute approximate surface area is 135 Å². The molecule has 128 valence electrons. The molecule has 3 heterocycles. The van der Waals surface area contributed by atoms with Crippen molar-refractivity contribution in [2.75, 3.05) is 6.54 Å². The fourth-order valence-electron chi connectivity index (χ4n) is 2.74. The van der Waals surface area contributed by atoms with Crippen LogP contribution in [0.3, 0.4) is 0 Å². The van der Waals surface area contributed by atoms with E-state index < -0.39 is 33.3 Å². The highest BCUT2D eigenvalue weighted by molar-refractivity contribution is 7.89. The maximum absolute atomic E-state index is 12.8. The lowest BCUT2D eigenvalue weighted by atomic mass is 10.1. The molecule has 1 fully saturated rings. The first-order valence-electron chi connectivity index (χ1n) is 7.18. The van der Waals surface area contributed by atoms with Crippen LogP contribution in [0, 0.1) is 0 Å². The summed E-state index contributed by atoms with van der Waals surface area (Å²) in [6, 6.07) is -0.0618. The quantitative estimate of drug-likeness (QED) is 0.654. The Morgan fingerprint density at radius 3 is 2.75 bits per heavy atom. The fourth-order valence-corrected chi connectivity index (χ4v) is 4.37. The van der Waals surface area contributed by atoms with Gasteiger partial charge in [-0.1, -0.05) is 0 Å². The number of fused-ring (bicyclic) bond motifs is 1. The van der Waals surface area contributed by atoms with Crippen molar-refractivity contribution < 1.29 is 18.3 Å². The molecule has 10 nitrogen and oxygen atoms in total. The highest BCUT2D eigenvalue weighted by atomic mass is 32.2. The second-order valence-corrected chi connectivity index (χ2v) is 7.33. The number of hydrogen-bond acceptors (Lipinski definition) is 6. The predicted octanol–water partition coefficient (Wildman–Crippen LogP) is -0.761. The summed E-state index contributed by atoms with van der Waals surface area (Å²) in [7, 11) is -4.13. The normalized spacial score (nSPS) is 19.4. The first-order valence-corrected chi connectivity index (χ1v) is 8.62. The highest BCUT2D eigenvalue weighted by Crippen LogP contribution is 2.25. The number of sulfonamides is 1. The third-order valence-electron chi connectivity index (χ3n) is 3.91. The third-order valence-corrected chi connectivity index (χ3v) is 5.79. The van der Waals surface area contributed by atoms with Crippen molar-refractivity contribution in [1.82, 2.24) is 19.3 Å². The smallest absolute Gasteiger partial charge is 0.327 e. The van der Waals surface area contributed by atoms with Crippen LogP contribution < -0.4 is 11.2 Å². The van der Waals surface area contributed by atoms with Crippen molar-refractivity contribution in [2.45, 2.75) is 30.2 Å². The van der Waals surface area contributed by atoms with E-state index in [0.717, 1.165) is 16.6 Å². The topological polar surface area (TPSA) is 153 Å². The van der Waals surface area contributed by atoms with E-state index in [1.54, 1.807) is 0 Å². The van der Waals surface area contributed by atoms with Crippen LogP contribution in [0.4, 0.5) is 0 Å². The number of hydrogen-bond donors (Lipinski definition) is 3. The molecule has 11 heteroatoms. The second kappa shape index (κ2) is 5.83. The Kier molecular flexibility index (Phi) is 3.97. The van der Waals surface area contributed by atoms with Gasteiger partial charge < -0.3 is 5.11 Å². The van der Waals surface area contributed by atoms with E-state index >= 15 is 0 Å². The first-order chi connectivity index (χ1) is 11.3. The van der Waals surface area contributed by atoms with Crippen LogP contribution in [0.25, 0.3) is 11.0 Å². The Hall–Kier alpha value is -2.53. The lowest BCUT2D eigenvalue weighted by Crippen LogP contribution is -2.47. The van der Waals surface area contributed by atoms with Crippen molar-refractivity contribution in [2.24, 2.45) is 0 Å². The van der Waals surface area contributed by atoms with Gasteiger partial charge in [0.25, 0.3) is 5.56 Å². The maximum atomic E-state index is 12.8. The lowest BCUT2D eigenvalue weighted by molar-refractivity contribution is -0.142. The summed E-state index contributed by atoms with van der Waals surface area (Å²) >= 11 is 0. The van der Waals surface area contributed by atoms with E-state index in [4.69, 9.17) is 0 Å². The number of carboxylic acids is 1. The minimum absolute atomic E-state index is 0.0453. The van der Waals surface area contributed by atoms with Gasteiger partial charge in [-0.05, 0) is 25.3 Å². The maximum Gasteiger partial charge on any atom is 0.327 e. The number of aliphatic carboxylic acids is 1. The Bertz CT molecular complexity index is 1020. The van der Waals surface area contributed by atoms with Crippen LogP contribution in [-0.4, -0.2) is 51.3 Å². The van der Waals surface area contributed by atoms with E-state index in [2.05, 4.69) is 9.97 Å². The van der Waals surface area contributed by atoms with Gasteiger partial charge in [-0.3, -0.25) is 19.6 Å². The van der Waals surface area contributed by atoms with E-state index in [9.17, 15) is 27.9 Å². The standard InChI is InChI=1S/C13H14N4O6S/c18-11-8-5-7(6-14-10(8)15-13(21)16-11)24(22,23)17-4-2-1-3-9(17)12(19)20/h5-6,9H,1-4H2,(H,19,20)(H2,14,15,16,18,21). The number of carbonyl (C=O) groups is 1. The number of nitrogens with one attached hydrogen (secondary N) is 2. The molecule has 2 aromatic heterocycles. The van der Waals surface area contributed by atoms with Gasteiger partial charge in [0.05, 0.1) is 5.39 Å². The molecule has 3 rings (SSSR count). The van der Waals surface area contributed by atoms with Crippen LogP contribution in [0.1, 0.15) is 19.3 Å². The third kappa shape index (κ3) is 2.71. The van der Waals surface area contributed by atoms with E-state index in [-0.39, 0.29) is 28.9 Å². The molecule has 0 spiro atoms. The molecule has 0 saturated carbocycles. The summed E-state index contributed by atoms with van der Waals surface area (Å²) < 4.78 is 26.4. The van der Waals surface area contributed by atoms with Crippen LogP contribution in [0.5, 0.6) is 0 Å². The summed E-state index contributed by atoms with van der Waals surface area (Å²) in [5, 5.41) is 9.15. The largest absolute Gasteiger partial charge is 0.480 e. The zero-order valence-corrected chi connectivity index (χ0v) is 13.2. The van der Waals surface area contributed by atoms with Crippen LogP contribution in [0.2, 0.25) is 0 Å². The molecule has 1 aliphatic rings. The van der Waals surface area contributed by atoms with Crippen molar-refractivity contribution >= 4 is 27.0 Å². The van der Waals surface area contributed by atoms with Gasteiger partial charge in [0.2, 0.25) is 10.0 Å². The lowest BCUT2D eigenvalue weighted by Gasteiger charge is -2.31. The number of pyridine rings is 1. The van der Waals surface area contributed by atoms with E-state index in [0.29, 0.717) is 12.8 Å². The average Bonchev–Trinajstić information content (AvgIpc) is 2.54. The number of piperidine rings is 1. The molecule has 1 unspecified atom stereocenters. The second-order valence-electron chi connectivity index (χ2n) is 5.44. The Morgan fingerprint density at radius 2 is 2.04 bits per heavy atom. The number of rotatable bonds is 3. The van der Waals surface area contributed by atoms with Gasteiger partial charge in [0.1, 0.15) is 16.6 Å². The molecule has 0 aromatic carbocycles. The first kappa shape index (κ1) is 16.3.